The minimum Gasteiger partial charge on any atom is -0.378 e. The van der Waals surface area contributed by atoms with Gasteiger partial charge in [0, 0.05) is 31.2 Å². The number of rotatable bonds is 4. The minimum atomic E-state index is 0.00812. The fourth-order valence-electron chi connectivity index (χ4n) is 4.05. The van der Waals surface area contributed by atoms with Crippen LogP contribution in [0.25, 0.3) is 0 Å². The van der Waals surface area contributed by atoms with Gasteiger partial charge in [0.05, 0.1) is 13.2 Å². The van der Waals surface area contributed by atoms with Gasteiger partial charge >= 0.3 is 6.03 Å². The first-order valence-corrected chi connectivity index (χ1v) is 8.86. The van der Waals surface area contributed by atoms with Crippen molar-refractivity contribution in [2.24, 2.45) is 5.41 Å². The van der Waals surface area contributed by atoms with Gasteiger partial charge in [-0.05, 0) is 51.4 Å². The van der Waals surface area contributed by atoms with Gasteiger partial charge in [-0.3, -0.25) is 4.90 Å². The average molecular weight is 309 g/mol. The van der Waals surface area contributed by atoms with Crippen LogP contribution in [0.15, 0.2) is 0 Å². The van der Waals surface area contributed by atoms with E-state index in [-0.39, 0.29) is 11.6 Å². The number of morpholine rings is 1. The molecule has 1 unspecified atom stereocenters. The zero-order chi connectivity index (χ0) is 15.6. The van der Waals surface area contributed by atoms with Crippen LogP contribution < -0.4 is 10.6 Å². The molecule has 3 rings (SSSR count). The molecule has 1 aliphatic heterocycles. The van der Waals surface area contributed by atoms with E-state index in [4.69, 9.17) is 4.74 Å². The monoisotopic (exact) mass is 309 g/mol. The smallest absolute Gasteiger partial charge is 0.315 e. The summed E-state index contributed by atoms with van der Waals surface area (Å²) in [6.45, 7) is 8.49. The molecule has 3 aliphatic rings. The lowest BCUT2D eigenvalue weighted by Gasteiger charge is -2.42. The lowest BCUT2D eigenvalue weighted by molar-refractivity contribution is -0.0497. The molecule has 2 aliphatic carbocycles. The number of nitrogens with zero attached hydrogens (tertiary/aromatic N) is 1. The summed E-state index contributed by atoms with van der Waals surface area (Å²) in [5.41, 5.74) is 0.673. The number of hydrogen-bond acceptors (Lipinski definition) is 3. The zero-order valence-electron chi connectivity index (χ0n) is 14.1. The molecule has 1 spiro atoms. The quantitative estimate of drug-likeness (QED) is 0.836. The van der Waals surface area contributed by atoms with Crippen LogP contribution in [0.5, 0.6) is 0 Å². The second-order valence-corrected chi connectivity index (χ2v) is 8.05. The van der Waals surface area contributed by atoms with Crippen LogP contribution in [0.2, 0.25) is 0 Å². The first-order valence-electron chi connectivity index (χ1n) is 8.86. The van der Waals surface area contributed by atoms with Crippen LogP contribution in [0.1, 0.15) is 52.4 Å². The van der Waals surface area contributed by atoms with E-state index in [1.54, 1.807) is 0 Å². The molecule has 1 heterocycles. The van der Waals surface area contributed by atoms with Gasteiger partial charge in [0.1, 0.15) is 0 Å². The average Bonchev–Trinajstić information content (AvgIpc) is 3.19. The second-order valence-electron chi connectivity index (χ2n) is 8.05. The number of amides is 2. The van der Waals surface area contributed by atoms with E-state index in [1.165, 1.54) is 32.1 Å². The molecule has 1 saturated heterocycles. The van der Waals surface area contributed by atoms with Gasteiger partial charge in [-0.25, -0.2) is 4.79 Å². The maximum absolute atomic E-state index is 12.1. The number of carbonyl (C=O) groups is 1. The summed E-state index contributed by atoms with van der Waals surface area (Å²) in [5.74, 6) is 0. The van der Waals surface area contributed by atoms with Gasteiger partial charge < -0.3 is 15.4 Å². The fourth-order valence-corrected chi connectivity index (χ4v) is 4.05. The third-order valence-electron chi connectivity index (χ3n) is 5.72. The van der Waals surface area contributed by atoms with Crippen molar-refractivity contribution in [3.8, 4) is 0 Å². The Labute approximate surface area is 134 Å². The molecule has 0 aromatic carbocycles. The van der Waals surface area contributed by atoms with Crippen molar-refractivity contribution >= 4 is 6.03 Å². The molecule has 2 amide bonds. The topological polar surface area (TPSA) is 53.6 Å². The Morgan fingerprint density at radius 3 is 2.86 bits per heavy atom. The predicted molar refractivity (Wildman–Crippen MR) is 86.9 cm³/mol. The van der Waals surface area contributed by atoms with E-state index < -0.39 is 0 Å². The Morgan fingerprint density at radius 1 is 1.32 bits per heavy atom. The summed E-state index contributed by atoms with van der Waals surface area (Å²) in [4.78, 5) is 14.5. The first kappa shape index (κ1) is 16.1. The van der Waals surface area contributed by atoms with Gasteiger partial charge in [0.25, 0.3) is 0 Å². The Bertz CT molecular complexity index is 407. The van der Waals surface area contributed by atoms with Crippen molar-refractivity contribution in [3.63, 3.8) is 0 Å². The molecule has 2 saturated carbocycles. The van der Waals surface area contributed by atoms with Gasteiger partial charge in [0.2, 0.25) is 0 Å². The Balaban J connectivity index is 1.35. The number of carbonyl (C=O) groups excluding carboxylic acids is 1. The van der Waals surface area contributed by atoms with E-state index in [1.807, 2.05) is 0 Å². The van der Waals surface area contributed by atoms with Crippen molar-refractivity contribution in [1.29, 1.82) is 0 Å². The molecule has 126 valence electrons. The van der Waals surface area contributed by atoms with Crippen LogP contribution in [0.4, 0.5) is 4.79 Å². The second kappa shape index (κ2) is 6.36. The third kappa shape index (κ3) is 3.93. The normalized spacial score (nSPS) is 30.0. The highest BCUT2D eigenvalue weighted by Gasteiger charge is 2.45. The molecule has 0 bridgehead atoms. The first-order chi connectivity index (χ1) is 10.5. The minimum absolute atomic E-state index is 0.00812. The summed E-state index contributed by atoms with van der Waals surface area (Å²) in [6.07, 6.45) is 7.73. The van der Waals surface area contributed by atoms with Gasteiger partial charge in [-0.15, -0.1) is 0 Å². The highest BCUT2D eigenvalue weighted by molar-refractivity contribution is 5.74. The number of ether oxygens (including phenoxy) is 1. The number of urea groups is 1. The Morgan fingerprint density at radius 2 is 2.14 bits per heavy atom. The van der Waals surface area contributed by atoms with Crippen LogP contribution in [0, 0.1) is 5.41 Å². The van der Waals surface area contributed by atoms with Crippen molar-refractivity contribution in [2.75, 3.05) is 32.8 Å². The molecule has 5 nitrogen and oxygen atoms in total. The standard InChI is InChI=1S/C17H31N3O2/c1-16(2)13-22-11-10-20(16)9-8-18-15(21)19-14-4-3-5-17(12-14)6-7-17/h14H,3-13H2,1-2H3,(H2,18,19,21). The summed E-state index contributed by atoms with van der Waals surface area (Å²) in [6, 6.07) is 0.393. The van der Waals surface area contributed by atoms with E-state index in [0.717, 1.165) is 32.7 Å². The zero-order valence-corrected chi connectivity index (χ0v) is 14.1. The third-order valence-corrected chi connectivity index (χ3v) is 5.72. The predicted octanol–water partition coefficient (Wildman–Crippen LogP) is 2.12. The highest BCUT2D eigenvalue weighted by atomic mass is 16.5. The van der Waals surface area contributed by atoms with E-state index in [9.17, 15) is 4.79 Å². The summed E-state index contributed by atoms with van der Waals surface area (Å²) < 4.78 is 5.53. The molecule has 0 aromatic rings. The van der Waals surface area contributed by atoms with Crippen LogP contribution in [-0.2, 0) is 4.74 Å². The summed E-state index contributed by atoms with van der Waals surface area (Å²) in [7, 11) is 0. The molecule has 22 heavy (non-hydrogen) atoms. The maximum Gasteiger partial charge on any atom is 0.315 e. The Kier molecular flexibility index (Phi) is 4.64. The van der Waals surface area contributed by atoms with Crippen molar-refractivity contribution in [1.82, 2.24) is 15.5 Å². The van der Waals surface area contributed by atoms with Crippen molar-refractivity contribution in [3.05, 3.63) is 0 Å². The molecule has 3 fully saturated rings. The van der Waals surface area contributed by atoms with Gasteiger partial charge in [0.15, 0.2) is 0 Å². The van der Waals surface area contributed by atoms with E-state index in [2.05, 4.69) is 29.4 Å². The molecule has 2 N–H and O–H groups in total. The lowest BCUT2D eigenvalue weighted by Crippen LogP contribution is -2.55. The molecule has 5 heteroatoms. The van der Waals surface area contributed by atoms with E-state index >= 15 is 0 Å². The lowest BCUT2D eigenvalue weighted by atomic mass is 9.83. The summed E-state index contributed by atoms with van der Waals surface area (Å²) in [5, 5.41) is 6.21. The number of nitrogens with one attached hydrogen (secondary N) is 2. The number of hydrogen-bond donors (Lipinski definition) is 2. The van der Waals surface area contributed by atoms with E-state index in [0.29, 0.717) is 18.0 Å². The van der Waals surface area contributed by atoms with Crippen LogP contribution in [-0.4, -0.2) is 55.4 Å². The Hall–Kier alpha value is -0.810. The SMILES string of the molecule is CC1(C)COCCN1CCNC(=O)NC1CCCC2(CC2)C1. The van der Waals surface area contributed by atoms with Crippen molar-refractivity contribution < 1.29 is 9.53 Å². The van der Waals surface area contributed by atoms with Crippen LogP contribution >= 0.6 is 0 Å². The molecule has 0 aromatic heterocycles. The largest absolute Gasteiger partial charge is 0.378 e. The molecule has 0 radical (unpaired) electrons. The van der Waals surface area contributed by atoms with Crippen LogP contribution in [0.3, 0.4) is 0 Å². The van der Waals surface area contributed by atoms with Gasteiger partial charge in [-0.1, -0.05) is 6.42 Å². The molecular formula is C17H31N3O2. The fraction of sp³-hybridized carbons (Fsp3) is 0.941. The summed E-state index contributed by atoms with van der Waals surface area (Å²) >= 11 is 0. The maximum atomic E-state index is 12.1. The molecule has 1 atom stereocenters. The van der Waals surface area contributed by atoms with Gasteiger partial charge in [-0.2, -0.15) is 0 Å². The molecular weight excluding hydrogens is 278 g/mol. The highest BCUT2D eigenvalue weighted by Crippen LogP contribution is 2.56. The van der Waals surface area contributed by atoms with Crippen molar-refractivity contribution in [2.45, 2.75) is 64.0 Å².